The Hall–Kier alpha value is -0.610. The first-order valence-electron chi connectivity index (χ1n) is 3.75. The third kappa shape index (κ3) is 2.45. The minimum atomic E-state index is -0.591. The van der Waals surface area contributed by atoms with Gasteiger partial charge in [-0.2, -0.15) is 0 Å². The SMILES string of the molecule is COC(=O)Cc1ccc(Br)c(Cl)c1F. The number of carbonyl (C=O) groups excluding carboxylic acids is 1. The summed E-state index contributed by atoms with van der Waals surface area (Å²) < 4.78 is 18.3. The van der Waals surface area contributed by atoms with Crippen LogP contribution in [0.5, 0.6) is 0 Å². The van der Waals surface area contributed by atoms with Crippen LogP contribution in [0.15, 0.2) is 16.6 Å². The number of rotatable bonds is 2. The van der Waals surface area contributed by atoms with Gasteiger partial charge >= 0.3 is 5.97 Å². The third-order valence-corrected chi connectivity index (χ3v) is 2.94. The second-order valence-electron chi connectivity index (χ2n) is 2.59. The minimum absolute atomic E-state index is 0.0218. The molecule has 0 unspecified atom stereocenters. The minimum Gasteiger partial charge on any atom is -0.469 e. The zero-order valence-corrected chi connectivity index (χ0v) is 9.65. The van der Waals surface area contributed by atoms with Gasteiger partial charge in [0, 0.05) is 10.0 Å². The molecule has 1 aromatic rings. The van der Waals surface area contributed by atoms with Crippen molar-refractivity contribution in [3.63, 3.8) is 0 Å². The van der Waals surface area contributed by atoms with Crippen molar-refractivity contribution in [2.45, 2.75) is 6.42 Å². The predicted molar refractivity (Wildman–Crippen MR) is 54.8 cm³/mol. The van der Waals surface area contributed by atoms with Crippen LogP contribution in [0.2, 0.25) is 5.02 Å². The van der Waals surface area contributed by atoms with Gasteiger partial charge in [-0.15, -0.1) is 0 Å². The lowest BCUT2D eigenvalue weighted by Gasteiger charge is -2.04. The fraction of sp³-hybridized carbons (Fsp3) is 0.222. The maximum absolute atomic E-state index is 13.4. The first kappa shape index (κ1) is 11.5. The summed E-state index contributed by atoms with van der Waals surface area (Å²) in [6.45, 7) is 0. The van der Waals surface area contributed by atoms with Gasteiger partial charge in [-0.3, -0.25) is 4.79 Å². The molecule has 0 bridgehead atoms. The Labute approximate surface area is 94.1 Å². The largest absolute Gasteiger partial charge is 0.469 e. The van der Waals surface area contributed by atoms with Crippen LogP contribution in [0.1, 0.15) is 5.56 Å². The molecule has 0 aromatic heterocycles. The van der Waals surface area contributed by atoms with E-state index in [2.05, 4.69) is 20.7 Å². The van der Waals surface area contributed by atoms with Crippen molar-refractivity contribution >= 4 is 33.5 Å². The van der Waals surface area contributed by atoms with Gasteiger partial charge in [0.25, 0.3) is 0 Å². The Morgan fingerprint density at radius 2 is 2.29 bits per heavy atom. The van der Waals surface area contributed by atoms with Gasteiger partial charge < -0.3 is 4.74 Å². The molecule has 5 heteroatoms. The molecule has 0 N–H and O–H groups in total. The molecule has 1 aromatic carbocycles. The fourth-order valence-electron chi connectivity index (χ4n) is 0.930. The van der Waals surface area contributed by atoms with Gasteiger partial charge in [0.2, 0.25) is 0 Å². The van der Waals surface area contributed by atoms with E-state index in [1.54, 1.807) is 6.07 Å². The summed E-state index contributed by atoms with van der Waals surface area (Å²) in [4.78, 5) is 10.9. The van der Waals surface area contributed by atoms with Crippen molar-refractivity contribution in [3.8, 4) is 0 Å². The Morgan fingerprint density at radius 1 is 1.64 bits per heavy atom. The van der Waals surface area contributed by atoms with Crippen LogP contribution in [0.25, 0.3) is 0 Å². The highest BCUT2D eigenvalue weighted by Crippen LogP contribution is 2.27. The number of esters is 1. The Balaban J connectivity index is 3.00. The Morgan fingerprint density at radius 3 is 2.86 bits per heavy atom. The molecule has 14 heavy (non-hydrogen) atoms. The van der Waals surface area contributed by atoms with E-state index in [1.807, 2.05) is 0 Å². The summed E-state index contributed by atoms with van der Waals surface area (Å²) in [7, 11) is 1.25. The summed E-state index contributed by atoms with van der Waals surface area (Å²) in [6, 6.07) is 3.08. The normalized spacial score (nSPS) is 10.0. The molecule has 0 aliphatic carbocycles. The van der Waals surface area contributed by atoms with E-state index in [0.717, 1.165) is 0 Å². The van der Waals surface area contributed by atoms with E-state index in [0.29, 0.717) is 4.47 Å². The van der Waals surface area contributed by atoms with Crippen molar-refractivity contribution in [2.24, 2.45) is 0 Å². The molecule has 1 rings (SSSR count). The number of hydrogen-bond acceptors (Lipinski definition) is 2. The molecule has 0 amide bonds. The summed E-state index contributed by atoms with van der Waals surface area (Å²) in [6.07, 6.45) is -0.116. The molecular weight excluding hydrogens is 274 g/mol. The maximum Gasteiger partial charge on any atom is 0.310 e. The van der Waals surface area contributed by atoms with Crippen molar-refractivity contribution in [1.29, 1.82) is 0 Å². The zero-order valence-electron chi connectivity index (χ0n) is 7.31. The Bertz CT molecular complexity index is 368. The third-order valence-electron chi connectivity index (χ3n) is 1.68. The highest BCUT2D eigenvalue weighted by molar-refractivity contribution is 9.10. The lowest BCUT2D eigenvalue weighted by molar-refractivity contribution is -0.139. The van der Waals surface area contributed by atoms with E-state index < -0.39 is 11.8 Å². The fourth-order valence-corrected chi connectivity index (χ4v) is 1.42. The number of methoxy groups -OCH3 is 1. The van der Waals surface area contributed by atoms with Crippen LogP contribution < -0.4 is 0 Å². The van der Waals surface area contributed by atoms with Crippen molar-refractivity contribution in [1.82, 2.24) is 0 Å². The van der Waals surface area contributed by atoms with Gasteiger partial charge in [-0.25, -0.2) is 4.39 Å². The van der Waals surface area contributed by atoms with Crippen LogP contribution in [-0.2, 0) is 16.0 Å². The predicted octanol–water partition coefficient (Wildman–Crippen LogP) is 2.96. The average molecular weight is 282 g/mol. The van der Waals surface area contributed by atoms with Crippen molar-refractivity contribution in [2.75, 3.05) is 7.11 Å². The van der Waals surface area contributed by atoms with Crippen LogP contribution >= 0.6 is 27.5 Å². The standard InChI is InChI=1S/C9H7BrClFO2/c1-14-7(13)4-5-2-3-6(10)8(11)9(5)12/h2-3H,4H2,1H3. The first-order chi connectivity index (χ1) is 6.56. The molecule has 0 saturated carbocycles. The Kier molecular flexibility index (Phi) is 3.89. The molecule has 76 valence electrons. The zero-order chi connectivity index (χ0) is 10.7. The van der Waals surface area contributed by atoms with Gasteiger partial charge in [0.1, 0.15) is 5.82 Å². The smallest absolute Gasteiger partial charge is 0.310 e. The van der Waals surface area contributed by atoms with Gasteiger partial charge in [-0.1, -0.05) is 17.7 Å². The number of carbonyl (C=O) groups is 1. The van der Waals surface area contributed by atoms with Crippen molar-refractivity contribution < 1.29 is 13.9 Å². The number of halogens is 3. The summed E-state index contributed by atoms with van der Waals surface area (Å²) in [5.74, 6) is -1.09. The van der Waals surface area contributed by atoms with E-state index >= 15 is 0 Å². The lowest BCUT2D eigenvalue weighted by Crippen LogP contribution is -2.06. The van der Waals surface area contributed by atoms with Gasteiger partial charge in [0.15, 0.2) is 0 Å². The van der Waals surface area contributed by atoms with Crippen LogP contribution in [0.3, 0.4) is 0 Å². The topological polar surface area (TPSA) is 26.3 Å². The molecule has 2 nitrogen and oxygen atoms in total. The molecule has 0 fully saturated rings. The van der Waals surface area contributed by atoms with E-state index in [9.17, 15) is 9.18 Å². The highest BCUT2D eigenvalue weighted by atomic mass is 79.9. The lowest BCUT2D eigenvalue weighted by atomic mass is 10.1. The van der Waals surface area contributed by atoms with Crippen LogP contribution in [0.4, 0.5) is 4.39 Å². The van der Waals surface area contributed by atoms with E-state index in [1.165, 1.54) is 13.2 Å². The second kappa shape index (κ2) is 4.75. The molecular formula is C9H7BrClFO2. The number of ether oxygens (including phenoxy) is 1. The van der Waals surface area contributed by atoms with Gasteiger partial charge in [0.05, 0.1) is 18.6 Å². The molecule has 0 aliphatic heterocycles. The van der Waals surface area contributed by atoms with Crippen LogP contribution in [0, 0.1) is 5.82 Å². The summed E-state index contributed by atoms with van der Waals surface area (Å²) in [5.41, 5.74) is 0.227. The molecule has 0 heterocycles. The molecule has 0 atom stereocenters. The van der Waals surface area contributed by atoms with Crippen molar-refractivity contribution in [3.05, 3.63) is 33.0 Å². The van der Waals surface area contributed by atoms with Crippen LogP contribution in [-0.4, -0.2) is 13.1 Å². The highest BCUT2D eigenvalue weighted by Gasteiger charge is 2.13. The molecule has 0 spiro atoms. The molecule has 0 radical (unpaired) electrons. The molecule has 0 saturated heterocycles. The summed E-state index contributed by atoms with van der Waals surface area (Å²) >= 11 is 8.71. The number of hydrogen-bond donors (Lipinski definition) is 0. The summed E-state index contributed by atoms with van der Waals surface area (Å²) in [5, 5.41) is -0.0218. The van der Waals surface area contributed by atoms with E-state index in [-0.39, 0.29) is 17.0 Å². The second-order valence-corrected chi connectivity index (χ2v) is 3.82. The first-order valence-corrected chi connectivity index (χ1v) is 4.92. The van der Waals surface area contributed by atoms with Gasteiger partial charge in [-0.05, 0) is 22.0 Å². The molecule has 0 aliphatic rings. The quantitative estimate of drug-likeness (QED) is 0.615. The maximum atomic E-state index is 13.4. The monoisotopic (exact) mass is 280 g/mol. The average Bonchev–Trinajstić information content (AvgIpc) is 2.19. The van der Waals surface area contributed by atoms with E-state index in [4.69, 9.17) is 11.6 Å². The number of benzene rings is 1.